The molecule has 1 heterocycles. The van der Waals surface area contributed by atoms with Gasteiger partial charge in [-0.05, 0) is 43.3 Å². The molecule has 0 saturated carbocycles. The van der Waals surface area contributed by atoms with Gasteiger partial charge in [-0.15, -0.1) is 0 Å². The minimum absolute atomic E-state index is 0.0977. The Morgan fingerprint density at radius 1 is 1.15 bits per heavy atom. The lowest BCUT2D eigenvalue weighted by Crippen LogP contribution is -2.08. The fourth-order valence-electron chi connectivity index (χ4n) is 2.32. The van der Waals surface area contributed by atoms with Crippen molar-refractivity contribution in [2.45, 2.75) is 13.0 Å². The molecule has 4 heteroatoms. The number of nitrogens with one attached hydrogen (secondary N) is 2. The average molecular weight is 333 g/mol. The van der Waals surface area contributed by atoms with Gasteiger partial charge in [0, 0.05) is 32.8 Å². The Morgan fingerprint density at radius 3 is 2.80 bits per heavy atom. The van der Waals surface area contributed by atoms with Crippen molar-refractivity contribution in [3.05, 3.63) is 64.5 Å². The molecular weight excluding hydrogens is 319 g/mol. The van der Waals surface area contributed by atoms with Crippen LogP contribution < -0.4 is 5.32 Å². The summed E-state index contributed by atoms with van der Waals surface area (Å²) >= 11 is 3.27. The first-order valence-electron chi connectivity index (χ1n) is 6.42. The third kappa shape index (κ3) is 2.56. The lowest BCUT2D eigenvalue weighted by Gasteiger charge is -2.16. The van der Waals surface area contributed by atoms with Gasteiger partial charge < -0.3 is 10.3 Å². The summed E-state index contributed by atoms with van der Waals surface area (Å²) in [6.07, 6.45) is 1.91. The van der Waals surface area contributed by atoms with Crippen LogP contribution in [0.1, 0.15) is 18.5 Å². The van der Waals surface area contributed by atoms with Crippen LogP contribution in [-0.2, 0) is 0 Å². The van der Waals surface area contributed by atoms with Gasteiger partial charge in [0.25, 0.3) is 0 Å². The molecule has 1 unspecified atom stereocenters. The quantitative estimate of drug-likeness (QED) is 0.674. The SMILES string of the molecule is CC(Nc1ccc2[nH]ccc2c1)c1ccc(Br)cc1F. The molecule has 3 rings (SSSR count). The molecule has 2 aromatic carbocycles. The summed E-state index contributed by atoms with van der Waals surface area (Å²) in [5.74, 6) is -0.206. The summed E-state index contributed by atoms with van der Waals surface area (Å²) in [6, 6.07) is 13.1. The Hall–Kier alpha value is -1.81. The van der Waals surface area contributed by atoms with Gasteiger partial charge in [0.2, 0.25) is 0 Å². The molecular formula is C16H14BrFN2. The summed E-state index contributed by atoms with van der Waals surface area (Å²) in [7, 11) is 0. The molecule has 102 valence electrons. The number of benzene rings is 2. The molecule has 0 aliphatic carbocycles. The largest absolute Gasteiger partial charge is 0.378 e. The zero-order valence-corrected chi connectivity index (χ0v) is 12.5. The molecule has 20 heavy (non-hydrogen) atoms. The van der Waals surface area contributed by atoms with Crippen molar-refractivity contribution in [3.8, 4) is 0 Å². The first kappa shape index (κ1) is 13.2. The first-order valence-corrected chi connectivity index (χ1v) is 7.21. The normalized spacial score (nSPS) is 12.6. The Kier molecular flexibility index (Phi) is 3.49. The topological polar surface area (TPSA) is 27.8 Å². The van der Waals surface area contributed by atoms with Crippen LogP contribution in [0, 0.1) is 5.82 Å². The molecule has 1 aromatic heterocycles. The standard InChI is InChI=1S/C16H14BrFN2/c1-10(14-4-2-12(17)9-15(14)18)20-13-3-5-16-11(8-13)6-7-19-16/h2-10,19-20H,1H3. The second kappa shape index (κ2) is 5.29. The Morgan fingerprint density at radius 2 is 2.00 bits per heavy atom. The van der Waals surface area contributed by atoms with Crippen LogP contribution in [0.4, 0.5) is 10.1 Å². The van der Waals surface area contributed by atoms with Crippen LogP contribution in [0.2, 0.25) is 0 Å². The molecule has 0 aliphatic heterocycles. The van der Waals surface area contributed by atoms with Crippen molar-refractivity contribution in [3.63, 3.8) is 0 Å². The first-order chi connectivity index (χ1) is 9.63. The van der Waals surface area contributed by atoms with E-state index >= 15 is 0 Å². The molecule has 0 saturated heterocycles. The van der Waals surface area contributed by atoms with E-state index < -0.39 is 0 Å². The maximum Gasteiger partial charge on any atom is 0.129 e. The second-order valence-electron chi connectivity index (χ2n) is 4.81. The number of hydrogen-bond acceptors (Lipinski definition) is 1. The second-order valence-corrected chi connectivity index (χ2v) is 5.73. The van der Waals surface area contributed by atoms with E-state index in [0.29, 0.717) is 5.56 Å². The molecule has 0 amide bonds. The summed E-state index contributed by atoms with van der Waals surface area (Å²) < 4.78 is 14.7. The lowest BCUT2D eigenvalue weighted by atomic mass is 10.1. The van der Waals surface area contributed by atoms with Crippen molar-refractivity contribution in [1.29, 1.82) is 0 Å². The van der Waals surface area contributed by atoms with Crippen molar-refractivity contribution in [2.75, 3.05) is 5.32 Å². The summed E-state index contributed by atoms with van der Waals surface area (Å²) in [6.45, 7) is 1.95. The monoisotopic (exact) mass is 332 g/mol. The zero-order chi connectivity index (χ0) is 14.1. The highest BCUT2D eigenvalue weighted by Crippen LogP contribution is 2.25. The number of halogens is 2. The van der Waals surface area contributed by atoms with E-state index in [1.165, 1.54) is 6.07 Å². The van der Waals surface area contributed by atoms with Gasteiger partial charge in [0.1, 0.15) is 5.82 Å². The van der Waals surface area contributed by atoms with Gasteiger partial charge in [-0.3, -0.25) is 0 Å². The average Bonchev–Trinajstić information content (AvgIpc) is 2.85. The minimum Gasteiger partial charge on any atom is -0.378 e. The van der Waals surface area contributed by atoms with Gasteiger partial charge in [-0.1, -0.05) is 22.0 Å². The third-order valence-electron chi connectivity index (χ3n) is 3.37. The van der Waals surface area contributed by atoms with Crippen LogP contribution in [0.5, 0.6) is 0 Å². The zero-order valence-electron chi connectivity index (χ0n) is 11.0. The van der Waals surface area contributed by atoms with Crippen LogP contribution in [0.15, 0.2) is 53.1 Å². The molecule has 0 aliphatic rings. The van der Waals surface area contributed by atoms with Crippen LogP contribution in [0.25, 0.3) is 10.9 Å². The highest BCUT2D eigenvalue weighted by molar-refractivity contribution is 9.10. The van der Waals surface area contributed by atoms with Crippen LogP contribution in [0.3, 0.4) is 0 Å². The van der Waals surface area contributed by atoms with Crippen LogP contribution in [-0.4, -0.2) is 4.98 Å². The maximum absolute atomic E-state index is 13.9. The highest BCUT2D eigenvalue weighted by atomic mass is 79.9. The third-order valence-corrected chi connectivity index (χ3v) is 3.86. The van der Waals surface area contributed by atoms with E-state index in [2.05, 4.69) is 32.3 Å². The summed E-state index contributed by atoms with van der Waals surface area (Å²) in [5.41, 5.74) is 2.73. The summed E-state index contributed by atoms with van der Waals surface area (Å²) in [4.78, 5) is 3.15. The maximum atomic E-state index is 13.9. The molecule has 0 fully saturated rings. The molecule has 1 atom stereocenters. The molecule has 3 aromatic rings. The van der Waals surface area contributed by atoms with Gasteiger partial charge in [-0.25, -0.2) is 4.39 Å². The minimum atomic E-state index is -0.206. The van der Waals surface area contributed by atoms with Crippen molar-refractivity contribution in [2.24, 2.45) is 0 Å². The Labute approximate surface area is 125 Å². The van der Waals surface area contributed by atoms with E-state index in [1.54, 1.807) is 6.07 Å². The fraction of sp³-hybridized carbons (Fsp3) is 0.125. The van der Waals surface area contributed by atoms with Crippen molar-refractivity contribution >= 4 is 32.5 Å². The highest BCUT2D eigenvalue weighted by Gasteiger charge is 2.11. The Bertz CT molecular complexity index is 751. The Balaban J connectivity index is 1.85. The van der Waals surface area contributed by atoms with E-state index in [1.807, 2.05) is 37.4 Å². The van der Waals surface area contributed by atoms with Gasteiger partial charge in [0.05, 0.1) is 6.04 Å². The van der Waals surface area contributed by atoms with E-state index in [-0.39, 0.29) is 11.9 Å². The molecule has 0 radical (unpaired) electrons. The number of H-pyrrole nitrogens is 1. The number of aromatic amines is 1. The molecule has 0 bridgehead atoms. The number of fused-ring (bicyclic) bond motifs is 1. The predicted octanol–water partition coefficient (Wildman–Crippen LogP) is 5.24. The lowest BCUT2D eigenvalue weighted by molar-refractivity contribution is 0.599. The molecule has 2 nitrogen and oxygen atoms in total. The predicted molar refractivity (Wildman–Crippen MR) is 84.4 cm³/mol. The number of hydrogen-bond donors (Lipinski definition) is 2. The number of anilines is 1. The molecule has 0 spiro atoms. The number of rotatable bonds is 3. The summed E-state index contributed by atoms with van der Waals surface area (Å²) in [5, 5.41) is 4.47. The van der Waals surface area contributed by atoms with Gasteiger partial charge in [-0.2, -0.15) is 0 Å². The smallest absolute Gasteiger partial charge is 0.129 e. The van der Waals surface area contributed by atoms with E-state index in [9.17, 15) is 4.39 Å². The van der Waals surface area contributed by atoms with Gasteiger partial charge in [0.15, 0.2) is 0 Å². The van der Waals surface area contributed by atoms with Crippen molar-refractivity contribution < 1.29 is 4.39 Å². The van der Waals surface area contributed by atoms with E-state index in [4.69, 9.17) is 0 Å². The van der Waals surface area contributed by atoms with E-state index in [0.717, 1.165) is 21.1 Å². The molecule has 2 N–H and O–H groups in total. The van der Waals surface area contributed by atoms with Crippen LogP contribution >= 0.6 is 15.9 Å². The van der Waals surface area contributed by atoms with Gasteiger partial charge >= 0.3 is 0 Å². The van der Waals surface area contributed by atoms with Crippen molar-refractivity contribution in [1.82, 2.24) is 4.98 Å². The number of aromatic nitrogens is 1. The fourth-order valence-corrected chi connectivity index (χ4v) is 2.66.